The second-order valence-electron chi connectivity index (χ2n) is 7.15. The number of aromatic nitrogens is 1. The van der Waals surface area contributed by atoms with Crippen molar-refractivity contribution in [2.24, 2.45) is 10.2 Å². The average molecular weight is 448 g/mol. The van der Waals surface area contributed by atoms with Gasteiger partial charge >= 0.3 is 5.63 Å². The van der Waals surface area contributed by atoms with E-state index in [1.54, 1.807) is 6.21 Å². The van der Waals surface area contributed by atoms with Gasteiger partial charge < -0.3 is 8.98 Å². The summed E-state index contributed by atoms with van der Waals surface area (Å²) in [5.41, 5.74) is 3.74. The number of aryl methyl sites for hydroxylation is 1. The Kier molecular flexibility index (Phi) is 8.34. The van der Waals surface area contributed by atoms with Gasteiger partial charge in [-0.1, -0.05) is 69.2 Å². The Morgan fingerprint density at radius 3 is 2.62 bits per heavy atom. The molecule has 0 saturated carbocycles. The summed E-state index contributed by atoms with van der Waals surface area (Å²) in [7, 11) is 0. The predicted octanol–water partition coefficient (Wildman–Crippen LogP) is 6.39. The van der Waals surface area contributed by atoms with Crippen LogP contribution in [-0.4, -0.2) is 10.8 Å². The van der Waals surface area contributed by atoms with E-state index < -0.39 is 0 Å². The van der Waals surface area contributed by atoms with Gasteiger partial charge in [0.25, 0.3) is 0 Å². The number of benzene rings is 2. The van der Waals surface area contributed by atoms with Crippen molar-refractivity contribution in [1.82, 2.24) is 4.57 Å². The van der Waals surface area contributed by atoms with E-state index in [2.05, 4.69) is 21.7 Å². The van der Waals surface area contributed by atoms with Crippen molar-refractivity contribution in [3.05, 3.63) is 86.3 Å². The summed E-state index contributed by atoms with van der Waals surface area (Å²) in [5, 5.41) is 11.6. The van der Waals surface area contributed by atoms with E-state index in [4.69, 9.17) is 4.42 Å². The molecule has 32 heavy (non-hydrogen) atoms. The van der Waals surface area contributed by atoms with Crippen molar-refractivity contribution >= 4 is 28.5 Å². The lowest BCUT2D eigenvalue weighted by Gasteiger charge is -2.08. The number of unbranched alkanes of at least 4 members (excludes halogenated alkanes) is 1. The minimum atomic E-state index is -0.339. The van der Waals surface area contributed by atoms with E-state index in [0.717, 1.165) is 46.4 Å². The van der Waals surface area contributed by atoms with Crippen LogP contribution in [0.1, 0.15) is 44.7 Å². The Bertz CT molecular complexity index is 1310. The maximum absolute atomic E-state index is 12.7. The molecule has 0 saturated heterocycles. The molecule has 0 amide bonds. The second kappa shape index (κ2) is 11.4. The Balaban J connectivity index is 0.00000141. The maximum Gasteiger partial charge on any atom is 0.345 e. The van der Waals surface area contributed by atoms with Gasteiger partial charge in [0.15, 0.2) is 0 Å². The normalized spacial score (nSPS) is 11.7. The molecule has 6 heteroatoms. The van der Waals surface area contributed by atoms with Crippen LogP contribution in [0.25, 0.3) is 22.2 Å². The molecule has 2 heterocycles. The van der Waals surface area contributed by atoms with Crippen LogP contribution in [0.4, 0.5) is 0 Å². The standard InChI is InChI=1S/C24H23N3O2S.C2H6/c1-3-4-12-27-21(16-30-24(27)26-25-15-18-8-6-5-7-9-18)20-14-19-13-17(2)10-11-22(19)29-23(20)28;1-2/h5-11,13-16H,3-4,12H2,1-2H3;1-2H3/b25-15?,26-24-;. The van der Waals surface area contributed by atoms with E-state index in [-0.39, 0.29) is 5.63 Å². The molecule has 0 spiro atoms. The Morgan fingerprint density at radius 2 is 1.88 bits per heavy atom. The van der Waals surface area contributed by atoms with E-state index in [0.29, 0.717) is 11.1 Å². The first-order chi connectivity index (χ1) is 15.7. The highest BCUT2D eigenvalue weighted by atomic mass is 32.1. The molecule has 2 aromatic carbocycles. The molecule has 0 unspecified atom stereocenters. The molecule has 0 atom stereocenters. The summed E-state index contributed by atoms with van der Waals surface area (Å²) in [6, 6.07) is 17.6. The molecule has 4 rings (SSSR count). The highest BCUT2D eigenvalue weighted by Crippen LogP contribution is 2.23. The summed E-state index contributed by atoms with van der Waals surface area (Å²) in [6.07, 6.45) is 3.76. The minimum absolute atomic E-state index is 0.339. The average Bonchev–Trinajstić information content (AvgIpc) is 3.22. The topological polar surface area (TPSA) is 59.9 Å². The molecule has 0 radical (unpaired) electrons. The van der Waals surface area contributed by atoms with Crippen LogP contribution in [-0.2, 0) is 6.54 Å². The highest BCUT2D eigenvalue weighted by molar-refractivity contribution is 7.07. The lowest BCUT2D eigenvalue weighted by Crippen LogP contribution is -2.17. The van der Waals surface area contributed by atoms with Gasteiger partial charge in [0, 0.05) is 17.3 Å². The van der Waals surface area contributed by atoms with Crippen LogP contribution in [0.3, 0.4) is 0 Å². The van der Waals surface area contributed by atoms with Crippen LogP contribution >= 0.6 is 11.3 Å². The minimum Gasteiger partial charge on any atom is -0.422 e. The van der Waals surface area contributed by atoms with Gasteiger partial charge in [-0.25, -0.2) is 4.79 Å². The van der Waals surface area contributed by atoms with Crippen molar-refractivity contribution in [1.29, 1.82) is 0 Å². The summed E-state index contributed by atoms with van der Waals surface area (Å²) in [4.78, 5) is 13.5. The molecule has 0 aliphatic heterocycles. The fraction of sp³-hybridized carbons (Fsp3) is 0.269. The van der Waals surface area contributed by atoms with Gasteiger partial charge in [-0.2, -0.15) is 5.10 Å². The molecule has 0 aliphatic rings. The van der Waals surface area contributed by atoms with E-state index in [9.17, 15) is 4.79 Å². The number of nitrogens with zero attached hydrogens (tertiary/aromatic N) is 3. The number of hydrogen-bond donors (Lipinski definition) is 0. The summed E-state index contributed by atoms with van der Waals surface area (Å²) >= 11 is 1.48. The van der Waals surface area contributed by atoms with Gasteiger partial charge in [-0.3, -0.25) is 0 Å². The third kappa shape index (κ3) is 5.51. The molecular weight excluding hydrogens is 418 g/mol. The van der Waals surface area contributed by atoms with Crippen LogP contribution in [0.5, 0.6) is 0 Å². The number of fused-ring (bicyclic) bond motifs is 1. The molecule has 5 nitrogen and oxygen atoms in total. The van der Waals surface area contributed by atoms with Crippen molar-refractivity contribution < 1.29 is 4.42 Å². The Labute approximate surface area is 192 Å². The number of rotatable bonds is 6. The zero-order valence-corrected chi connectivity index (χ0v) is 19.9. The second-order valence-corrected chi connectivity index (χ2v) is 7.99. The van der Waals surface area contributed by atoms with E-state index >= 15 is 0 Å². The monoisotopic (exact) mass is 447 g/mol. The summed E-state index contributed by atoms with van der Waals surface area (Å²) < 4.78 is 7.65. The van der Waals surface area contributed by atoms with Gasteiger partial charge in [0.1, 0.15) is 5.58 Å². The fourth-order valence-electron chi connectivity index (χ4n) is 3.26. The quantitative estimate of drug-likeness (QED) is 0.195. The van der Waals surface area contributed by atoms with Crippen molar-refractivity contribution in [3.63, 3.8) is 0 Å². The van der Waals surface area contributed by atoms with Crippen LogP contribution in [0, 0.1) is 6.92 Å². The summed E-state index contributed by atoms with van der Waals surface area (Å²) in [5.74, 6) is 0. The zero-order valence-electron chi connectivity index (χ0n) is 19.0. The van der Waals surface area contributed by atoms with Gasteiger partial charge in [0.2, 0.25) is 4.80 Å². The largest absolute Gasteiger partial charge is 0.422 e. The van der Waals surface area contributed by atoms with Crippen LogP contribution in [0.15, 0.2) is 79.4 Å². The molecule has 166 valence electrons. The number of hydrogen-bond acceptors (Lipinski definition) is 5. The van der Waals surface area contributed by atoms with Crippen LogP contribution in [0.2, 0.25) is 0 Å². The Hall–Kier alpha value is -3.25. The molecular formula is C26H29N3O2S. The highest BCUT2D eigenvalue weighted by Gasteiger charge is 2.14. The zero-order chi connectivity index (χ0) is 22.9. The first-order valence-corrected chi connectivity index (χ1v) is 11.9. The van der Waals surface area contributed by atoms with Gasteiger partial charge in [0.05, 0.1) is 17.5 Å². The Morgan fingerprint density at radius 1 is 1.09 bits per heavy atom. The van der Waals surface area contributed by atoms with Crippen molar-refractivity contribution in [2.45, 2.75) is 47.1 Å². The maximum atomic E-state index is 12.7. The lowest BCUT2D eigenvalue weighted by molar-refractivity contribution is 0.560. The smallest absolute Gasteiger partial charge is 0.345 e. The van der Waals surface area contributed by atoms with E-state index in [1.165, 1.54) is 11.3 Å². The first kappa shape index (κ1) is 23.4. The SMILES string of the molecule is CC.CCCCn1c(-c2cc3cc(C)ccc3oc2=O)cs/c1=N\N=Cc1ccccc1. The summed E-state index contributed by atoms with van der Waals surface area (Å²) in [6.45, 7) is 8.93. The van der Waals surface area contributed by atoms with Crippen molar-refractivity contribution in [3.8, 4) is 11.3 Å². The van der Waals surface area contributed by atoms with E-state index in [1.807, 2.05) is 80.7 Å². The van der Waals surface area contributed by atoms with Gasteiger partial charge in [-0.05, 0) is 37.1 Å². The third-order valence-electron chi connectivity index (χ3n) is 4.85. The fourth-order valence-corrected chi connectivity index (χ4v) is 4.15. The lowest BCUT2D eigenvalue weighted by atomic mass is 10.1. The first-order valence-electron chi connectivity index (χ1n) is 11.0. The molecule has 0 aliphatic carbocycles. The number of thiazole rings is 1. The molecule has 0 bridgehead atoms. The van der Waals surface area contributed by atoms with Gasteiger partial charge in [-0.15, -0.1) is 16.4 Å². The molecule has 2 aromatic heterocycles. The predicted molar refractivity (Wildman–Crippen MR) is 134 cm³/mol. The third-order valence-corrected chi connectivity index (χ3v) is 5.70. The molecule has 0 fully saturated rings. The van der Waals surface area contributed by atoms with Crippen LogP contribution < -0.4 is 10.4 Å². The molecule has 4 aromatic rings. The molecule has 0 N–H and O–H groups in total. The van der Waals surface area contributed by atoms with Crippen molar-refractivity contribution in [2.75, 3.05) is 0 Å².